The number of nitrogens with one attached hydrogen (secondary N) is 2. The van der Waals surface area contributed by atoms with Crippen LogP contribution in [0.4, 0.5) is 5.69 Å². The SMILES string of the molecule is CC(C)c1ccccc1-c1cncc(NC(=O)c2ccnc(C(=O)NC3CC3)c2)c1. The molecule has 0 bridgehead atoms. The van der Waals surface area contributed by atoms with Gasteiger partial charge in [0.15, 0.2) is 0 Å². The van der Waals surface area contributed by atoms with Crippen molar-refractivity contribution in [2.24, 2.45) is 0 Å². The molecule has 30 heavy (non-hydrogen) atoms. The number of carbonyl (C=O) groups excluding carboxylic acids is 2. The Bertz CT molecular complexity index is 1090. The number of carbonyl (C=O) groups is 2. The Balaban J connectivity index is 1.53. The maximum absolute atomic E-state index is 12.7. The van der Waals surface area contributed by atoms with Crippen molar-refractivity contribution in [1.82, 2.24) is 15.3 Å². The molecule has 2 amide bonds. The van der Waals surface area contributed by atoms with Crippen LogP contribution in [-0.4, -0.2) is 27.8 Å². The highest BCUT2D eigenvalue weighted by Crippen LogP contribution is 2.30. The van der Waals surface area contributed by atoms with Crippen LogP contribution in [-0.2, 0) is 0 Å². The van der Waals surface area contributed by atoms with E-state index >= 15 is 0 Å². The summed E-state index contributed by atoms with van der Waals surface area (Å²) in [5.41, 5.74) is 4.47. The minimum Gasteiger partial charge on any atom is -0.348 e. The molecule has 2 N–H and O–H groups in total. The highest BCUT2D eigenvalue weighted by Gasteiger charge is 2.24. The number of hydrogen-bond acceptors (Lipinski definition) is 4. The van der Waals surface area contributed by atoms with Gasteiger partial charge in [0.1, 0.15) is 5.69 Å². The highest BCUT2D eigenvalue weighted by molar-refractivity contribution is 6.05. The lowest BCUT2D eigenvalue weighted by Gasteiger charge is -2.13. The van der Waals surface area contributed by atoms with E-state index in [2.05, 4.69) is 46.6 Å². The molecule has 4 rings (SSSR count). The molecule has 0 aliphatic heterocycles. The van der Waals surface area contributed by atoms with Crippen LogP contribution >= 0.6 is 0 Å². The molecule has 1 aliphatic rings. The Labute approximate surface area is 175 Å². The second-order valence-electron chi connectivity index (χ2n) is 7.84. The Morgan fingerprint density at radius 1 is 1.03 bits per heavy atom. The second kappa shape index (κ2) is 8.45. The molecule has 0 unspecified atom stereocenters. The molecule has 1 aromatic carbocycles. The van der Waals surface area contributed by atoms with Crippen LogP contribution in [0.25, 0.3) is 11.1 Å². The second-order valence-corrected chi connectivity index (χ2v) is 7.84. The average molecular weight is 400 g/mol. The van der Waals surface area contributed by atoms with Crippen molar-refractivity contribution >= 4 is 17.5 Å². The summed E-state index contributed by atoms with van der Waals surface area (Å²) in [6.07, 6.45) is 6.87. The normalized spacial score (nSPS) is 13.2. The molecular weight excluding hydrogens is 376 g/mol. The van der Waals surface area contributed by atoms with Crippen LogP contribution < -0.4 is 10.6 Å². The molecule has 6 heteroatoms. The third kappa shape index (κ3) is 4.54. The number of rotatable bonds is 6. The third-order valence-electron chi connectivity index (χ3n) is 5.06. The Kier molecular flexibility index (Phi) is 5.57. The molecular formula is C24H24N4O2. The van der Waals surface area contributed by atoms with Crippen molar-refractivity contribution in [2.75, 3.05) is 5.32 Å². The fourth-order valence-corrected chi connectivity index (χ4v) is 3.31. The van der Waals surface area contributed by atoms with Gasteiger partial charge in [-0.15, -0.1) is 0 Å². The van der Waals surface area contributed by atoms with E-state index in [0.29, 0.717) is 17.2 Å². The zero-order chi connectivity index (χ0) is 21.1. The number of anilines is 1. The van der Waals surface area contributed by atoms with Gasteiger partial charge in [0.2, 0.25) is 0 Å². The third-order valence-corrected chi connectivity index (χ3v) is 5.06. The summed E-state index contributed by atoms with van der Waals surface area (Å²) in [5.74, 6) is -0.188. The van der Waals surface area contributed by atoms with E-state index in [0.717, 1.165) is 24.0 Å². The summed E-state index contributed by atoms with van der Waals surface area (Å²) in [7, 11) is 0. The van der Waals surface area contributed by atoms with Crippen molar-refractivity contribution < 1.29 is 9.59 Å². The fourth-order valence-electron chi connectivity index (χ4n) is 3.31. The van der Waals surface area contributed by atoms with Gasteiger partial charge in [0.25, 0.3) is 11.8 Å². The van der Waals surface area contributed by atoms with Gasteiger partial charge in [-0.05, 0) is 48.1 Å². The summed E-state index contributed by atoms with van der Waals surface area (Å²) in [4.78, 5) is 33.3. The first kappa shape index (κ1) is 19.8. The Morgan fingerprint density at radius 3 is 2.60 bits per heavy atom. The number of nitrogens with zero attached hydrogens (tertiary/aromatic N) is 2. The van der Waals surface area contributed by atoms with Crippen LogP contribution in [0.3, 0.4) is 0 Å². The monoisotopic (exact) mass is 400 g/mol. The lowest BCUT2D eigenvalue weighted by atomic mass is 9.93. The van der Waals surface area contributed by atoms with E-state index in [4.69, 9.17) is 0 Å². The zero-order valence-electron chi connectivity index (χ0n) is 17.1. The van der Waals surface area contributed by atoms with Gasteiger partial charge in [-0.1, -0.05) is 38.1 Å². The standard InChI is InChI=1S/C24H24N4O2/c1-15(2)20-5-3-4-6-21(20)17-11-19(14-25-13-17)28-23(29)16-9-10-26-22(12-16)24(30)27-18-7-8-18/h3-6,9-15,18H,7-8H2,1-2H3,(H,27,30)(H,28,29). The predicted molar refractivity (Wildman–Crippen MR) is 116 cm³/mol. The van der Waals surface area contributed by atoms with E-state index in [1.807, 2.05) is 18.2 Å². The van der Waals surface area contributed by atoms with Gasteiger partial charge in [-0.2, -0.15) is 0 Å². The van der Waals surface area contributed by atoms with Gasteiger partial charge < -0.3 is 10.6 Å². The molecule has 0 atom stereocenters. The van der Waals surface area contributed by atoms with E-state index < -0.39 is 0 Å². The summed E-state index contributed by atoms with van der Waals surface area (Å²) in [6.45, 7) is 4.30. The van der Waals surface area contributed by atoms with E-state index in [1.165, 1.54) is 17.8 Å². The molecule has 2 aromatic heterocycles. The van der Waals surface area contributed by atoms with E-state index in [9.17, 15) is 9.59 Å². The largest absolute Gasteiger partial charge is 0.348 e. The average Bonchev–Trinajstić information content (AvgIpc) is 3.58. The van der Waals surface area contributed by atoms with Crippen molar-refractivity contribution in [1.29, 1.82) is 0 Å². The summed E-state index contributed by atoms with van der Waals surface area (Å²) >= 11 is 0. The number of aromatic nitrogens is 2. The topological polar surface area (TPSA) is 84.0 Å². The Morgan fingerprint density at radius 2 is 1.83 bits per heavy atom. The number of pyridine rings is 2. The quantitative estimate of drug-likeness (QED) is 0.642. The van der Waals surface area contributed by atoms with E-state index in [-0.39, 0.29) is 23.6 Å². The zero-order valence-corrected chi connectivity index (χ0v) is 17.1. The number of hydrogen-bond donors (Lipinski definition) is 2. The molecule has 2 heterocycles. The minimum absolute atomic E-state index is 0.235. The van der Waals surface area contributed by atoms with Crippen LogP contribution in [0.2, 0.25) is 0 Å². The van der Waals surface area contributed by atoms with Gasteiger partial charge in [0.05, 0.1) is 11.9 Å². The highest BCUT2D eigenvalue weighted by atomic mass is 16.2. The number of amides is 2. The van der Waals surface area contributed by atoms with E-state index in [1.54, 1.807) is 18.5 Å². The van der Waals surface area contributed by atoms with Crippen LogP contribution in [0.5, 0.6) is 0 Å². The molecule has 1 saturated carbocycles. The molecule has 6 nitrogen and oxygen atoms in total. The molecule has 1 aliphatic carbocycles. The maximum Gasteiger partial charge on any atom is 0.270 e. The smallest absolute Gasteiger partial charge is 0.270 e. The molecule has 1 fully saturated rings. The van der Waals surface area contributed by atoms with Gasteiger partial charge in [-0.25, -0.2) is 0 Å². The summed E-state index contributed by atoms with van der Waals surface area (Å²) < 4.78 is 0. The minimum atomic E-state index is -0.311. The number of benzene rings is 1. The van der Waals surface area contributed by atoms with Gasteiger partial charge in [0, 0.05) is 29.6 Å². The van der Waals surface area contributed by atoms with Crippen molar-refractivity contribution in [3.05, 3.63) is 77.9 Å². The van der Waals surface area contributed by atoms with Gasteiger partial charge in [-0.3, -0.25) is 19.6 Å². The first-order chi connectivity index (χ1) is 14.5. The predicted octanol–water partition coefficient (Wildman–Crippen LogP) is 4.41. The summed E-state index contributed by atoms with van der Waals surface area (Å²) in [5, 5.41) is 5.76. The van der Waals surface area contributed by atoms with Gasteiger partial charge >= 0.3 is 0 Å². The summed E-state index contributed by atoms with van der Waals surface area (Å²) in [6, 6.07) is 13.4. The molecule has 3 aromatic rings. The molecule has 0 radical (unpaired) electrons. The van der Waals surface area contributed by atoms with Crippen molar-refractivity contribution in [2.45, 2.75) is 38.6 Å². The first-order valence-corrected chi connectivity index (χ1v) is 10.1. The maximum atomic E-state index is 12.7. The van der Waals surface area contributed by atoms with Crippen molar-refractivity contribution in [3.63, 3.8) is 0 Å². The van der Waals surface area contributed by atoms with Crippen molar-refractivity contribution in [3.8, 4) is 11.1 Å². The van der Waals surface area contributed by atoms with Crippen LogP contribution in [0.1, 0.15) is 59.0 Å². The first-order valence-electron chi connectivity index (χ1n) is 10.1. The van der Waals surface area contributed by atoms with Crippen LogP contribution in [0, 0.1) is 0 Å². The van der Waals surface area contributed by atoms with Crippen LogP contribution in [0.15, 0.2) is 61.1 Å². The molecule has 0 saturated heterocycles. The lowest BCUT2D eigenvalue weighted by molar-refractivity contribution is 0.0946. The Hall–Kier alpha value is -3.54. The molecule has 152 valence electrons. The lowest BCUT2D eigenvalue weighted by Crippen LogP contribution is -2.26. The fraction of sp³-hybridized carbons (Fsp3) is 0.250. The molecule has 0 spiro atoms.